The Balaban J connectivity index is 1.80. The maximum Gasteiger partial charge on any atom is 0.336 e. The van der Waals surface area contributed by atoms with Crippen LogP contribution in [0.1, 0.15) is 32.3 Å². The van der Waals surface area contributed by atoms with Crippen LogP contribution in [0.4, 0.5) is 11.4 Å². The van der Waals surface area contributed by atoms with Crippen molar-refractivity contribution in [2.75, 3.05) is 38.9 Å². The van der Waals surface area contributed by atoms with Crippen LogP contribution in [0.2, 0.25) is 0 Å². The Labute approximate surface area is 231 Å². The van der Waals surface area contributed by atoms with Crippen molar-refractivity contribution in [2.24, 2.45) is 10.9 Å². The SMILES string of the molecule is COCCOC(=O)C1C(C)=NC(C)=C(C(=O)OCCOc2ccc(NC(C)=O)cc2)[C@@H]1c1cccc([N+](=O)[O-])c1. The first-order chi connectivity index (χ1) is 19.1. The molecule has 12 heteroatoms. The second-order valence-corrected chi connectivity index (χ2v) is 8.91. The summed E-state index contributed by atoms with van der Waals surface area (Å²) in [6, 6.07) is 12.4. The van der Waals surface area contributed by atoms with Gasteiger partial charge < -0.3 is 24.3 Å². The highest BCUT2D eigenvalue weighted by Crippen LogP contribution is 2.41. The van der Waals surface area contributed by atoms with E-state index in [1.807, 2.05) is 0 Å². The van der Waals surface area contributed by atoms with E-state index in [4.69, 9.17) is 18.9 Å². The molecule has 0 aromatic heterocycles. The molecule has 3 rings (SSSR count). The topological polar surface area (TPSA) is 156 Å². The van der Waals surface area contributed by atoms with E-state index in [1.54, 1.807) is 44.2 Å². The van der Waals surface area contributed by atoms with Crippen molar-refractivity contribution >= 4 is 34.9 Å². The van der Waals surface area contributed by atoms with Crippen LogP contribution in [-0.4, -0.2) is 62.0 Å². The van der Waals surface area contributed by atoms with Crippen molar-refractivity contribution < 1.29 is 38.3 Å². The molecule has 0 aliphatic carbocycles. The molecule has 212 valence electrons. The number of nitro benzene ring substituents is 1. The molecule has 2 aromatic rings. The smallest absolute Gasteiger partial charge is 0.336 e. The summed E-state index contributed by atoms with van der Waals surface area (Å²) in [4.78, 5) is 53.0. The van der Waals surface area contributed by atoms with Gasteiger partial charge in [0.15, 0.2) is 0 Å². The molecule has 0 saturated carbocycles. The summed E-state index contributed by atoms with van der Waals surface area (Å²) in [5, 5.41) is 14.1. The number of allylic oxidation sites excluding steroid dienone is 1. The van der Waals surface area contributed by atoms with Crippen LogP contribution >= 0.6 is 0 Å². The van der Waals surface area contributed by atoms with Gasteiger partial charge in [-0.1, -0.05) is 12.1 Å². The molecule has 1 heterocycles. The first-order valence-corrected chi connectivity index (χ1v) is 12.5. The van der Waals surface area contributed by atoms with E-state index in [-0.39, 0.29) is 43.6 Å². The third kappa shape index (κ3) is 7.73. The normalized spacial score (nSPS) is 16.6. The van der Waals surface area contributed by atoms with Crippen molar-refractivity contribution in [3.63, 3.8) is 0 Å². The monoisotopic (exact) mass is 553 g/mol. The minimum Gasteiger partial charge on any atom is -0.490 e. The van der Waals surface area contributed by atoms with Crippen LogP contribution in [-0.2, 0) is 28.6 Å². The molecule has 1 aliphatic rings. The van der Waals surface area contributed by atoms with Crippen LogP contribution in [0.3, 0.4) is 0 Å². The number of methoxy groups -OCH3 is 1. The van der Waals surface area contributed by atoms with E-state index in [0.29, 0.717) is 28.4 Å². The number of nitro groups is 1. The molecule has 2 atom stereocenters. The highest BCUT2D eigenvalue weighted by atomic mass is 16.6. The average Bonchev–Trinajstić information content (AvgIpc) is 2.91. The maximum atomic E-state index is 13.4. The number of non-ortho nitro benzene ring substituents is 1. The molecule has 1 unspecified atom stereocenters. The van der Waals surface area contributed by atoms with Crippen LogP contribution in [0.5, 0.6) is 5.75 Å². The molecule has 0 spiro atoms. The Morgan fingerprint density at radius 2 is 1.70 bits per heavy atom. The van der Waals surface area contributed by atoms with Crippen molar-refractivity contribution in [2.45, 2.75) is 26.7 Å². The summed E-state index contributed by atoms with van der Waals surface area (Å²) in [6.45, 7) is 4.75. The van der Waals surface area contributed by atoms with Gasteiger partial charge >= 0.3 is 11.9 Å². The molecule has 1 N–H and O–H groups in total. The number of amides is 1. The number of benzene rings is 2. The van der Waals surface area contributed by atoms with Crippen LogP contribution < -0.4 is 10.1 Å². The van der Waals surface area contributed by atoms with Gasteiger partial charge in [0, 0.05) is 49.2 Å². The van der Waals surface area contributed by atoms with Gasteiger partial charge in [-0.3, -0.25) is 24.7 Å². The van der Waals surface area contributed by atoms with E-state index in [2.05, 4.69) is 10.3 Å². The molecule has 0 saturated heterocycles. The van der Waals surface area contributed by atoms with E-state index in [9.17, 15) is 24.5 Å². The highest BCUT2D eigenvalue weighted by Gasteiger charge is 2.42. The Kier molecular flexibility index (Phi) is 10.5. The fraction of sp³-hybridized carbons (Fsp3) is 0.357. The van der Waals surface area contributed by atoms with E-state index in [1.165, 1.54) is 32.2 Å². The Bertz CT molecular complexity index is 1320. The van der Waals surface area contributed by atoms with Crippen molar-refractivity contribution in [3.05, 3.63) is 75.5 Å². The Hall–Kier alpha value is -4.58. The molecule has 12 nitrogen and oxygen atoms in total. The number of esters is 2. The maximum absolute atomic E-state index is 13.4. The fourth-order valence-electron chi connectivity index (χ4n) is 4.32. The number of aliphatic imine (C=N–C) groups is 1. The third-order valence-electron chi connectivity index (χ3n) is 6.03. The lowest BCUT2D eigenvalue weighted by Crippen LogP contribution is -2.37. The second kappa shape index (κ2) is 14.0. The fourth-order valence-corrected chi connectivity index (χ4v) is 4.32. The van der Waals surface area contributed by atoms with Crippen molar-refractivity contribution in [1.82, 2.24) is 0 Å². The van der Waals surface area contributed by atoms with Crippen LogP contribution in [0, 0.1) is 16.0 Å². The number of ether oxygens (including phenoxy) is 4. The predicted octanol–water partition coefficient (Wildman–Crippen LogP) is 3.81. The lowest BCUT2D eigenvalue weighted by molar-refractivity contribution is -0.384. The zero-order valence-corrected chi connectivity index (χ0v) is 22.7. The van der Waals surface area contributed by atoms with Gasteiger partial charge in [-0.2, -0.15) is 0 Å². The molecular weight excluding hydrogens is 522 g/mol. The summed E-state index contributed by atoms with van der Waals surface area (Å²) in [6.07, 6.45) is 0. The van der Waals surface area contributed by atoms with Gasteiger partial charge in [0.2, 0.25) is 5.91 Å². The second-order valence-electron chi connectivity index (χ2n) is 8.91. The van der Waals surface area contributed by atoms with Gasteiger partial charge in [0.05, 0.1) is 17.1 Å². The van der Waals surface area contributed by atoms with Crippen LogP contribution in [0.25, 0.3) is 0 Å². The lowest BCUT2D eigenvalue weighted by atomic mass is 9.75. The van der Waals surface area contributed by atoms with Gasteiger partial charge in [-0.05, 0) is 43.7 Å². The molecule has 0 fully saturated rings. The minimum absolute atomic E-state index is 0.00756. The van der Waals surface area contributed by atoms with E-state index >= 15 is 0 Å². The Morgan fingerprint density at radius 3 is 2.35 bits per heavy atom. The van der Waals surface area contributed by atoms with Crippen molar-refractivity contribution in [3.8, 4) is 5.75 Å². The summed E-state index contributed by atoms with van der Waals surface area (Å²) in [5.74, 6) is -3.00. The van der Waals surface area contributed by atoms with Gasteiger partial charge in [0.1, 0.15) is 31.5 Å². The number of nitrogens with zero attached hydrogens (tertiary/aromatic N) is 2. The number of carbonyl (C=O) groups excluding carboxylic acids is 3. The molecule has 40 heavy (non-hydrogen) atoms. The number of hydrogen-bond donors (Lipinski definition) is 1. The zero-order valence-electron chi connectivity index (χ0n) is 22.7. The summed E-state index contributed by atoms with van der Waals surface area (Å²) in [5.41, 5.74) is 1.63. The lowest BCUT2D eigenvalue weighted by Gasteiger charge is -2.31. The average molecular weight is 554 g/mol. The quantitative estimate of drug-likeness (QED) is 0.179. The van der Waals surface area contributed by atoms with Crippen LogP contribution in [0.15, 0.2) is 64.8 Å². The third-order valence-corrected chi connectivity index (χ3v) is 6.03. The first-order valence-electron chi connectivity index (χ1n) is 12.5. The van der Waals surface area contributed by atoms with Gasteiger partial charge in [-0.25, -0.2) is 4.79 Å². The molecule has 1 aliphatic heterocycles. The van der Waals surface area contributed by atoms with Crippen molar-refractivity contribution in [1.29, 1.82) is 0 Å². The Morgan fingerprint density at radius 1 is 1.00 bits per heavy atom. The number of rotatable bonds is 12. The van der Waals surface area contributed by atoms with E-state index < -0.39 is 28.7 Å². The van der Waals surface area contributed by atoms with Gasteiger partial charge in [-0.15, -0.1) is 0 Å². The molecular formula is C28H31N3O9. The summed E-state index contributed by atoms with van der Waals surface area (Å²) >= 11 is 0. The predicted molar refractivity (Wildman–Crippen MR) is 145 cm³/mol. The highest BCUT2D eigenvalue weighted by molar-refractivity contribution is 6.07. The van der Waals surface area contributed by atoms with E-state index in [0.717, 1.165) is 0 Å². The number of carbonyl (C=O) groups is 3. The number of hydrogen-bond acceptors (Lipinski definition) is 10. The molecule has 1 amide bonds. The molecule has 0 bridgehead atoms. The standard InChI is InChI=1S/C28H31N3O9/c1-17-24(27(33)39-13-12-37-4)26(20-6-5-7-22(16-20)31(35)36)25(18(2)29-17)28(34)40-15-14-38-23-10-8-21(9-11-23)30-19(3)32/h5-11,16,24,26H,12-15H2,1-4H3,(H,30,32)/t24?,26-/m1/s1. The number of anilines is 1. The minimum atomic E-state index is -1.01. The number of nitrogens with one attached hydrogen (secondary N) is 1. The van der Waals surface area contributed by atoms with Gasteiger partial charge in [0.25, 0.3) is 5.69 Å². The summed E-state index contributed by atoms with van der Waals surface area (Å²) < 4.78 is 21.4. The first kappa shape index (κ1) is 30.0. The molecule has 0 radical (unpaired) electrons. The zero-order chi connectivity index (χ0) is 29.2. The summed E-state index contributed by atoms with van der Waals surface area (Å²) in [7, 11) is 1.47. The largest absolute Gasteiger partial charge is 0.490 e. The molecule has 2 aromatic carbocycles.